The van der Waals surface area contributed by atoms with Crippen LogP contribution in [0.15, 0.2) is 72.0 Å². The number of aryl methyl sites for hydroxylation is 1. The van der Waals surface area contributed by atoms with E-state index in [0.717, 1.165) is 91.8 Å². The first-order valence-corrected chi connectivity index (χ1v) is 25.0. The van der Waals surface area contributed by atoms with E-state index in [9.17, 15) is 37.1 Å². The molecular weight excluding hydrogens is 934 g/mol. The van der Waals surface area contributed by atoms with Gasteiger partial charge < -0.3 is 24.0 Å². The molecule has 3 aromatic heterocycles. The number of fused-ring (bicyclic) bond motifs is 2. The maximum Gasteiger partial charge on any atom is 0.418 e. The van der Waals surface area contributed by atoms with Crippen molar-refractivity contribution in [2.45, 2.75) is 62.8 Å². The van der Waals surface area contributed by atoms with Crippen molar-refractivity contribution in [1.82, 2.24) is 53.5 Å². The molecule has 18 nitrogen and oxygen atoms in total. The van der Waals surface area contributed by atoms with Gasteiger partial charge in [0, 0.05) is 121 Å². The molecule has 11 rings (SSSR count). The largest absolute Gasteiger partial charge is 0.418 e. The van der Waals surface area contributed by atoms with E-state index < -0.39 is 34.8 Å². The van der Waals surface area contributed by atoms with Crippen LogP contribution in [0.25, 0.3) is 11.2 Å². The van der Waals surface area contributed by atoms with Gasteiger partial charge in [0.15, 0.2) is 0 Å². The molecule has 5 aromatic rings. The number of piperazine rings is 2. The van der Waals surface area contributed by atoms with Crippen LogP contribution in [-0.4, -0.2) is 170 Å². The number of alkyl halides is 3. The number of anilines is 1. The van der Waals surface area contributed by atoms with Crippen LogP contribution in [-0.2, 0) is 57.3 Å². The molecule has 2 aromatic carbocycles. The van der Waals surface area contributed by atoms with Crippen LogP contribution < -0.4 is 15.9 Å². The number of carbonyl (C=O) groups is 4. The minimum atomic E-state index is -4.70. The predicted octanol–water partition coefficient (Wildman–Crippen LogP) is 2.69. The first-order chi connectivity index (χ1) is 34.7. The van der Waals surface area contributed by atoms with Gasteiger partial charge in [-0.15, -0.1) is 10.2 Å². The third-order valence-corrected chi connectivity index (χ3v) is 15.9. The Balaban J connectivity index is 0.644. The minimum Gasteiger partial charge on any atom is -0.379 e. The molecule has 6 aliphatic heterocycles. The van der Waals surface area contributed by atoms with Gasteiger partial charge in [0.2, 0.25) is 17.7 Å². The van der Waals surface area contributed by atoms with Crippen molar-refractivity contribution in [3.8, 4) is 5.69 Å². The topological polar surface area (TPSA) is 166 Å². The highest BCUT2D eigenvalue weighted by molar-refractivity contribution is 6.05. The second kappa shape index (κ2) is 19.2. The van der Waals surface area contributed by atoms with Crippen LogP contribution in [0.3, 0.4) is 0 Å². The van der Waals surface area contributed by atoms with Crippen molar-refractivity contribution in [3.05, 3.63) is 111 Å². The third-order valence-electron chi connectivity index (χ3n) is 15.9. The Bertz CT molecular complexity index is 2960. The summed E-state index contributed by atoms with van der Waals surface area (Å²) in [5.41, 5.74) is 2.18. The Kier molecular flexibility index (Phi) is 12.8. The van der Waals surface area contributed by atoms with Gasteiger partial charge >= 0.3 is 11.9 Å². The van der Waals surface area contributed by atoms with Gasteiger partial charge in [0.25, 0.3) is 5.91 Å². The predicted molar refractivity (Wildman–Crippen MR) is 257 cm³/mol. The minimum absolute atomic E-state index is 0.0611. The number of likely N-dealkylation sites (tertiary alicyclic amines) is 1. The molecule has 9 heterocycles. The van der Waals surface area contributed by atoms with E-state index in [2.05, 4.69) is 36.3 Å². The van der Waals surface area contributed by atoms with Crippen LogP contribution in [0.2, 0.25) is 0 Å². The number of nitrogens with one attached hydrogen (secondary N) is 1. The lowest BCUT2D eigenvalue weighted by atomic mass is 9.75. The zero-order valence-electron chi connectivity index (χ0n) is 40.4. The summed E-state index contributed by atoms with van der Waals surface area (Å²) in [6.45, 7) is 9.97. The van der Waals surface area contributed by atoms with Crippen LogP contribution >= 0.6 is 0 Å². The van der Waals surface area contributed by atoms with Gasteiger partial charge in [-0.3, -0.25) is 48.2 Å². The summed E-state index contributed by atoms with van der Waals surface area (Å²) in [5.74, 6) is 0.498. The van der Waals surface area contributed by atoms with Gasteiger partial charge in [-0.05, 0) is 91.4 Å². The number of nitrogens with zero attached hydrogens (tertiary/aromatic N) is 11. The molecule has 6 aliphatic rings. The Morgan fingerprint density at radius 3 is 2.31 bits per heavy atom. The maximum atomic E-state index is 14.7. The van der Waals surface area contributed by atoms with Crippen LogP contribution in [0.4, 0.5) is 18.9 Å². The number of rotatable bonds is 12. The third kappa shape index (κ3) is 9.42. The van der Waals surface area contributed by atoms with Gasteiger partial charge in [-0.25, -0.2) is 4.79 Å². The molecule has 0 bridgehead atoms. The zero-order chi connectivity index (χ0) is 49.9. The quantitative estimate of drug-likeness (QED) is 0.182. The Labute approximate surface area is 413 Å². The number of benzene rings is 2. The maximum absolute atomic E-state index is 14.7. The van der Waals surface area contributed by atoms with Gasteiger partial charge in [0.1, 0.15) is 18.2 Å². The number of hydrogen-bond acceptors (Lipinski definition) is 12. The highest BCUT2D eigenvalue weighted by atomic mass is 19.4. The molecule has 1 atom stereocenters. The van der Waals surface area contributed by atoms with Crippen molar-refractivity contribution >= 4 is 34.8 Å². The number of carbonyl (C=O) groups excluding carboxylic acids is 4. The zero-order valence-corrected chi connectivity index (χ0v) is 40.4. The Hall–Kier alpha value is -6.42. The van der Waals surface area contributed by atoms with E-state index in [4.69, 9.17) is 4.74 Å². The monoisotopic (exact) mass is 992 g/mol. The van der Waals surface area contributed by atoms with Crippen LogP contribution in [0.1, 0.15) is 64.1 Å². The highest BCUT2D eigenvalue weighted by Gasteiger charge is 2.43. The first kappa shape index (κ1) is 47.9. The Morgan fingerprint density at radius 1 is 0.847 bits per heavy atom. The molecule has 1 unspecified atom stereocenters. The second-order valence-electron chi connectivity index (χ2n) is 20.6. The molecule has 5 fully saturated rings. The fourth-order valence-corrected chi connectivity index (χ4v) is 11.6. The van der Waals surface area contributed by atoms with E-state index >= 15 is 0 Å². The smallest absolute Gasteiger partial charge is 0.379 e. The van der Waals surface area contributed by atoms with Gasteiger partial charge in [-0.1, -0.05) is 12.1 Å². The van der Waals surface area contributed by atoms with E-state index in [-0.39, 0.29) is 36.2 Å². The van der Waals surface area contributed by atoms with Crippen molar-refractivity contribution in [1.29, 1.82) is 0 Å². The number of ether oxygens (including phenoxy) is 1. The summed E-state index contributed by atoms with van der Waals surface area (Å²) in [4.78, 5) is 77.4. The number of piperidine rings is 2. The molecule has 21 heteroatoms. The number of pyridine rings is 1. The molecule has 1 N–H and O–H groups in total. The highest BCUT2D eigenvalue weighted by Crippen LogP contribution is 2.38. The summed E-state index contributed by atoms with van der Waals surface area (Å²) < 4.78 is 53.9. The number of aromatic nitrogens is 5. The van der Waals surface area contributed by atoms with E-state index in [0.29, 0.717) is 88.1 Å². The first-order valence-electron chi connectivity index (χ1n) is 25.0. The van der Waals surface area contributed by atoms with E-state index in [1.54, 1.807) is 23.4 Å². The number of hydrogen-bond donors (Lipinski definition) is 1. The number of imidazole rings is 1. The van der Waals surface area contributed by atoms with Crippen LogP contribution in [0.5, 0.6) is 0 Å². The lowest BCUT2D eigenvalue weighted by Crippen LogP contribution is -2.52. The number of amides is 4. The molecule has 380 valence electrons. The molecule has 0 saturated carbocycles. The summed E-state index contributed by atoms with van der Waals surface area (Å²) in [5, 5.41) is 10.6. The lowest BCUT2D eigenvalue weighted by molar-refractivity contribution is -0.137. The van der Waals surface area contributed by atoms with Crippen LogP contribution in [0, 0.1) is 5.92 Å². The summed E-state index contributed by atoms with van der Waals surface area (Å²) >= 11 is 0. The average molecular weight is 993 g/mol. The van der Waals surface area contributed by atoms with Gasteiger partial charge in [0.05, 0.1) is 36.5 Å². The Morgan fingerprint density at radius 2 is 1.61 bits per heavy atom. The fraction of sp³-hybridized carbons (Fsp3) is 0.510. The molecule has 0 aliphatic carbocycles. The lowest BCUT2D eigenvalue weighted by Gasteiger charge is -2.41. The normalized spacial score (nSPS) is 21.6. The summed E-state index contributed by atoms with van der Waals surface area (Å²) in [6.07, 6.45) is 2.83. The molecule has 0 radical (unpaired) electrons. The summed E-state index contributed by atoms with van der Waals surface area (Å²) in [6, 6.07) is 13.7. The molecular formula is C51H59F3N12O6. The van der Waals surface area contributed by atoms with Gasteiger partial charge in [-0.2, -0.15) is 13.2 Å². The summed E-state index contributed by atoms with van der Waals surface area (Å²) in [7, 11) is 1.87. The standard InChI is InChI=1S/C51H59F3N12O6/c1-58-33-55-57-44(58)24-50(31-72-32-50)37-3-2-4-39(23-37)64-29-43-41(51(52,53)54)21-35(27-66(43)49(64)71)26-61-15-19-63(20-16-61)46(68)30-59-11-9-34(10-12-59)25-60-13-17-62(18-14-60)38-5-6-40-36(22-38)28-65(48(40)70)42-7-8-45(67)56-47(42)69/h2-6,21-23,27,29,33-34,42H,7-20,24-26,28,30-32H2,1H3,(H,56,67,69). The molecule has 5 saturated heterocycles. The van der Waals surface area contributed by atoms with E-state index in [1.165, 1.54) is 17.0 Å². The number of imide groups is 1. The van der Waals surface area contributed by atoms with Crippen molar-refractivity contribution in [2.75, 3.05) is 96.7 Å². The average Bonchev–Trinajstić information content (AvgIpc) is 4.03. The van der Waals surface area contributed by atoms with E-state index in [1.807, 2.05) is 45.7 Å². The molecule has 4 amide bonds. The number of halogens is 3. The van der Waals surface area contributed by atoms with Crippen molar-refractivity contribution in [2.24, 2.45) is 13.0 Å². The fourth-order valence-electron chi connectivity index (χ4n) is 11.6. The SMILES string of the molecule is Cn1cnnc1CC1(c2cccc(-n3cc4c(C(F)(F)F)cc(CN5CCN(C(=O)CN6CCC(CN7CCN(c8ccc9c(c8)CN(C8CCC(=O)NC8=O)C9=O)CC7)CC6)CC5)cn4c3=O)c2)COC1. The second-order valence-corrected chi connectivity index (χ2v) is 20.6. The molecule has 72 heavy (non-hydrogen) atoms. The molecule has 0 spiro atoms. The van der Waals surface area contributed by atoms with Crippen molar-refractivity contribution in [3.63, 3.8) is 0 Å². The van der Waals surface area contributed by atoms with Crippen molar-refractivity contribution < 1.29 is 37.1 Å².